The molecule has 1 aromatic rings. The second-order valence-electron chi connectivity index (χ2n) is 3.18. The lowest BCUT2D eigenvalue weighted by molar-refractivity contribution is 0.713. The summed E-state index contributed by atoms with van der Waals surface area (Å²) in [4.78, 5) is 1.60. The van der Waals surface area contributed by atoms with E-state index in [9.17, 15) is 0 Å². The first-order chi connectivity index (χ1) is 6.13. The molecule has 13 heavy (non-hydrogen) atoms. The molecule has 0 spiro atoms. The fourth-order valence-corrected chi connectivity index (χ4v) is 1.35. The Morgan fingerprint density at radius 1 is 1.69 bits per heavy atom. The van der Waals surface area contributed by atoms with Crippen LogP contribution in [-0.4, -0.2) is 15.6 Å². The molecule has 0 aliphatic heterocycles. The van der Waals surface area contributed by atoms with E-state index in [-0.39, 0.29) is 0 Å². The van der Waals surface area contributed by atoms with E-state index in [4.69, 9.17) is 0 Å². The molecular weight excluding hydrogens is 230 g/mol. The maximum atomic E-state index is 4.39. The molecule has 0 saturated heterocycles. The summed E-state index contributed by atoms with van der Waals surface area (Å²) >= 11 is 3.33. The summed E-state index contributed by atoms with van der Waals surface area (Å²) in [5.74, 6) is 0.480. The van der Waals surface area contributed by atoms with Gasteiger partial charge in [-0.15, -0.1) is 0 Å². The van der Waals surface area contributed by atoms with Crippen LogP contribution in [0, 0.1) is 5.92 Å². The minimum atomic E-state index is 0.480. The van der Waals surface area contributed by atoms with Crippen LogP contribution in [0.2, 0.25) is 0 Å². The van der Waals surface area contributed by atoms with E-state index in [2.05, 4.69) is 46.9 Å². The molecule has 0 amide bonds. The van der Waals surface area contributed by atoms with Crippen LogP contribution < -0.4 is 0 Å². The predicted molar refractivity (Wildman–Crippen MR) is 57.9 cm³/mol. The molecule has 0 bridgehead atoms. The quantitative estimate of drug-likeness (QED) is 0.752. The summed E-state index contributed by atoms with van der Waals surface area (Å²) in [6.07, 6.45) is 4.55. The Labute approximate surface area is 87.0 Å². The van der Waals surface area contributed by atoms with Crippen LogP contribution >= 0.6 is 15.9 Å². The zero-order valence-corrected chi connectivity index (χ0v) is 9.74. The molecule has 1 rings (SSSR count). The van der Waals surface area contributed by atoms with Crippen LogP contribution in [0.25, 0.3) is 0 Å². The van der Waals surface area contributed by atoms with Crippen LogP contribution in [0.5, 0.6) is 0 Å². The van der Waals surface area contributed by atoms with Gasteiger partial charge in [0, 0.05) is 5.71 Å². The first-order valence-corrected chi connectivity index (χ1v) is 5.20. The number of rotatable bonds is 3. The third-order valence-electron chi connectivity index (χ3n) is 1.80. The number of hydrogen-bond donors (Lipinski definition) is 0. The molecule has 72 valence electrons. The van der Waals surface area contributed by atoms with Gasteiger partial charge in [0.25, 0.3) is 0 Å². The van der Waals surface area contributed by atoms with Crippen molar-refractivity contribution < 1.29 is 0 Å². The molecule has 0 saturated carbocycles. The maximum absolute atomic E-state index is 4.39. The molecule has 0 aromatic carbocycles. The molecule has 0 unspecified atom stereocenters. The zero-order chi connectivity index (χ0) is 9.84. The number of hydrogen-bond acceptors (Lipinski definition) is 2. The first kappa shape index (κ1) is 10.4. The summed E-state index contributed by atoms with van der Waals surface area (Å²) < 4.78 is 0.954. The van der Waals surface area contributed by atoms with Crippen LogP contribution in [-0.2, 0) is 0 Å². The SMILES string of the molecule is CC/C(=N/n1cc(Br)cn1)C(C)C. The fraction of sp³-hybridized carbons (Fsp3) is 0.556. The molecule has 1 aromatic heterocycles. The monoisotopic (exact) mass is 243 g/mol. The van der Waals surface area contributed by atoms with Crippen molar-refractivity contribution in [3.8, 4) is 0 Å². The van der Waals surface area contributed by atoms with Crippen molar-refractivity contribution in [2.24, 2.45) is 11.0 Å². The van der Waals surface area contributed by atoms with Gasteiger partial charge < -0.3 is 0 Å². The molecule has 4 heteroatoms. The Balaban J connectivity index is 2.84. The van der Waals surface area contributed by atoms with E-state index >= 15 is 0 Å². The largest absolute Gasteiger partial charge is 0.160 e. The molecular formula is C9H14BrN3. The highest BCUT2D eigenvalue weighted by Crippen LogP contribution is 2.07. The van der Waals surface area contributed by atoms with E-state index < -0.39 is 0 Å². The van der Waals surface area contributed by atoms with Crippen molar-refractivity contribution in [3.63, 3.8) is 0 Å². The summed E-state index contributed by atoms with van der Waals surface area (Å²) in [7, 11) is 0. The number of aromatic nitrogens is 2. The first-order valence-electron chi connectivity index (χ1n) is 4.41. The molecule has 0 fully saturated rings. The van der Waals surface area contributed by atoms with Crippen LogP contribution in [0.4, 0.5) is 0 Å². The molecule has 0 aliphatic carbocycles. The van der Waals surface area contributed by atoms with Gasteiger partial charge in [-0.1, -0.05) is 20.8 Å². The van der Waals surface area contributed by atoms with E-state index in [0.29, 0.717) is 5.92 Å². The van der Waals surface area contributed by atoms with Gasteiger partial charge in [-0.25, -0.2) is 0 Å². The smallest absolute Gasteiger partial charge is 0.0654 e. The number of nitrogens with zero attached hydrogens (tertiary/aromatic N) is 3. The summed E-state index contributed by atoms with van der Waals surface area (Å²) in [5.41, 5.74) is 1.16. The maximum Gasteiger partial charge on any atom is 0.0654 e. The second kappa shape index (κ2) is 4.56. The second-order valence-corrected chi connectivity index (χ2v) is 4.09. The third-order valence-corrected chi connectivity index (χ3v) is 2.21. The van der Waals surface area contributed by atoms with Gasteiger partial charge in [-0.2, -0.15) is 15.0 Å². The Morgan fingerprint density at radius 3 is 2.77 bits per heavy atom. The van der Waals surface area contributed by atoms with Crippen molar-refractivity contribution in [2.45, 2.75) is 27.2 Å². The predicted octanol–water partition coefficient (Wildman–Crippen LogP) is 2.92. The normalized spacial score (nSPS) is 12.5. The summed E-state index contributed by atoms with van der Waals surface area (Å²) in [6, 6.07) is 0. The van der Waals surface area contributed by atoms with Gasteiger partial charge in [0.2, 0.25) is 0 Å². The lowest BCUT2D eigenvalue weighted by atomic mass is 10.1. The molecule has 0 atom stereocenters. The van der Waals surface area contributed by atoms with Crippen molar-refractivity contribution in [2.75, 3.05) is 0 Å². The van der Waals surface area contributed by atoms with E-state index in [0.717, 1.165) is 16.6 Å². The Bertz CT molecular complexity index is 302. The van der Waals surface area contributed by atoms with Crippen molar-refractivity contribution in [1.29, 1.82) is 0 Å². The van der Waals surface area contributed by atoms with Gasteiger partial charge in [0.05, 0.1) is 16.9 Å². The Hall–Kier alpha value is -0.640. The number of halogens is 1. The van der Waals surface area contributed by atoms with Gasteiger partial charge in [0.1, 0.15) is 0 Å². The highest BCUT2D eigenvalue weighted by molar-refractivity contribution is 9.10. The van der Waals surface area contributed by atoms with Crippen LogP contribution in [0.1, 0.15) is 27.2 Å². The molecule has 0 aliphatic rings. The highest BCUT2D eigenvalue weighted by atomic mass is 79.9. The minimum absolute atomic E-state index is 0.480. The van der Waals surface area contributed by atoms with Crippen molar-refractivity contribution >= 4 is 21.6 Å². The van der Waals surface area contributed by atoms with E-state index in [1.165, 1.54) is 0 Å². The molecule has 1 heterocycles. The Morgan fingerprint density at radius 2 is 2.38 bits per heavy atom. The van der Waals surface area contributed by atoms with Crippen molar-refractivity contribution in [1.82, 2.24) is 9.89 Å². The zero-order valence-electron chi connectivity index (χ0n) is 8.16. The standard InChI is InChI=1S/C9H14BrN3/c1-4-9(7(2)3)12-13-6-8(10)5-11-13/h5-7H,4H2,1-3H3/b12-9-. The molecule has 3 nitrogen and oxygen atoms in total. The Kier molecular flexibility index (Phi) is 3.66. The summed E-state index contributed by atoms with van der Waals surface area (Å²) in [5, 5.41) is 8.46. The lowest BCUT2D eigenvalue weighted by Gasteiger charge is -2.05. The van der Waals surface area contributed by atoms with Crippen LogP contribution in [0.15, 0.2) is 22.0 Å². The molecule has 0 N–H and O–H groups in total. The van der Waals surface area contributed by atoms with Gasteiger partial charge in [-0.05, 0) is 28.3 Å². The fourth-order valence-electron chi connectivity index (χ4n) is 1.07. The highest BCUT2D eigenvalue weighted by Gasteiger charge is 2.02. The van der Waals surface area contributed by atoms with Gasteiger partial charge in [-0.3, -0.25) is 0 Å². The van der Waals surface area contributed by atoms with E-state index in [1.54, 1.807) is 11.0 Å². The van der Waals surface area contributed by atoms with Crippen LogP contribution in [0.3, 0.4) is 0 Å². The topological polar surface area (TPSA) is 30.2 Å². The van der Waals surface area contributed by atoms with Gasteiger partial charge in [0.15, 0.2) is 0 Å². The molecule has 0 radical (unpaired) electrons. The third kappa shape index (κ3) is 2.95. The van der Waals surface area contributed by atoms with E-state index in [1.807, 2.05) is 6.20 Å². The lowest BCUT2D eigenvalue weighted by Crippen LogP contribution is -2.08. The summed E-state index contributed by atoms with van der Waals surface area (Å²) in [6.45, 7) is 6.39. The minimum Gasteiger partial charge on any atom is -0.160 e. The average Bonchev–Trinajstić information content (AvgIpc) is 2.46. The average molecular weight is 244 g/mol. The van der Waals surface area contributed by atoms with Gasteiger partial charge >= 0.3 is 0 Å². The van der Waals surface area contributed by atoms with Crippen molar-refractivity contribution in [3.05, 3.63) is 16.9 Å².